The van der Waals surface area contributed by atoms with Crippen LogP contribution in [0, 0.1) is 26.9 Å². The van der Waals surface area contributed by atoms with Gasteiger partial charge >= 0.3 is 11.9 Å². The summed E-state index contributed by atoms with van der Waals surface area (Å²) >= 11 is 6.30. The van der Waals surface area contributed by atoms with Crippen LogP contribution in [-0.4, -0.2) is 45.8 Å². The van der Waals surface area contributed by atoms with Crippen LogP contribution in [-0.2, 0) is 9.59 Å². The third kappa shape index (κ3) is 3.16. The summed E-state index contributed by atoms with van der Waals surface area (Å²) in [7, 11) is 0. The lowest BCUT2D eigenvalue weighted by Gasteiger charge is -2.58. The smallest absolute Gasteiger partial charge is 0.312 e. The van der Waals surface area contributed by atoms with E-state index >= 15 is 0 Å². The van der Waals surface area contributed by atoms with Gasteiger partial charge < -0.3 is 15.5 Å². The molecule has 2 rings (SSSR count). The highest BCUT2D eigenvalue weighted by Gasteiger charge is 2.67. The van der Waals surface area contributed by atoms with Gasteiger partial charge in [-0.05, 0) is 25.3 Å². The summed E-state index contributed by atoms with van der Waals surface area (Å²) in [5, 5.41) is 34.3. The average molecular weight is 431 g/mol. The highest BCUT2D eigenvalue weighted by molar-refractivity contribution is 6.33. The maximum atomic E-state index is 13.9. The van der Waals surface area contributed by atoms with Crippen molar-refractivity contribution in [3.05, 3.63) is 38.9 Å². The molecule has 5 unspecified atom stereocenters. The fourth-order valence-electron chi connectivity index (χ4n) is 4.91. The Bertz CT molecular complexity index is 850. The highest BCUT2D eigenvalue weighted by Crippen LogP contribution is 2.60. The van der Waals surface area contributed by atoms with E-state index in [0.29, 0.717) is 0 Å². The second kappa shape index (κ2) is 7.87. The first kappa shape index (κ1) is 23.0. The molecule has 0 aliphatic carbocycles. The van der Waals surface area contributed by atoms with Crippen molar-refractivity contribution in [3.8, 4) is 0 Å². The number of aliphatic carboxylic acids is 2. The average Bonchev–Trinajstić information content (AvgIpc) is 2.62. The molecule has 0 amide bonds. The minimum atomic E-state index is -1.94. The Morgan fingerprint density at radius 2 is 1.93 bits per heavy atom. The minimum absolute atomic E-state index is 0.00802. The summed E-state index contributed by atoms with van der Waals surface area (Å²) in [5.74, 6) is -4.65. The van der Waals surface area contributed by atoms with Crippen molar-refractivity contribution < 1.29 is 29.1 Å². The zero-order valence-corrected chi connectivity index (χ0v) is 17.2. The van der Waals surface area contributed by atoms with E-state index in [0.717, 1.165) is 6.07 Å². The van der Waals surface area contributed by atoms with Crippen LogP contribution < -0.4 is 5.32 Å². The Labute approximate surface area is 172 Å². The Morgan fingerprint density at radius 1 is 1.34 bits per heavy atom. The van der Waals surface area contributed by atoms with Gasteiger partial charge in [-0.1, -0.05) is 37.6 Å². The number of hydrogen-bond acceptors (Lipinski definition) is 5. The number of hydrogen-bond donors (Lipinski definition) is 3. The van der Waals surface area contributed by atoms with Gasteiger partial charge in [0.2, 0.25) is 0 Å². The summed E-state index contributed by atoms with van der Waals surface area (Å²) in [6.45, 7) is 5.00. The molecule has 160 valence electrons. The van der Waals surface area contributed by atoms with E-state index in [4.69, 9.17) is 11.6 Å². The second-order valence-electron chi connectivity index (χ2n) is 7.95. The lowest BCUT2D eigenvalue weighted by atomic mass is 9.49. The molecule has 3 N–H and O–H groups in total. The van der Waals surface area contributed by atoms with Crippen LogP contribution in [0.15, 0.2) is 18.2 Å². The monoisotopic (exact) mass is 430 g/mol. The Morgan fingerprint density at radius 3 is 2.34 bits per heavy atom. The molecule has 5 atom stereocenters. The molecule has 1 aromatic rings. The molecule has 0 radical (unpaired) electrons. The zero-order chi connectivity index (χ0) is 22.3. The molecular weight excluding hydrogens is 407 g/mol. The first-order chi connectivity index (χ1) is 13.4. The van der Waals surface area contributed by atoms with Crippen LogP contribution in [0.5, 0.6) is 0 Å². The van der Waals surface area contributed by atoms with Gasteiger partial charge in [0, 0.05) is 18.0 Å². The lowest BCUT2D eigenvalue weighted by molar-refractivity contribution is -0.384. The second-order valence-corrected chi connectivity index (χ2v) is 8.32. The van der Waals surface area contributed by atoms with Gasteiger partial charge in [-0.25, -0.2) is 4.39 Å². The summed E-state index contributed by atoms with van der Waals surface area (Å²) in [6, 6.07) is 1.80. The predicted octanol–water partition coefficient (Wildman–Crippen LogP) is 3.48. The molecule has 1 heterocycles. The Kier molecular flexibility index (Phi) is 6.25. The zero-order valence-electron chi connectivity index (χ0n) is 16.5. The molecule has 0 bridgehead atoms. The van der Waals surface area contributed by atoms with E-state index in [-0.39, 0.29) is 10.6 Å². The number of halogens is 2. The van der Waals surface area contributed by atoms with Gasteiger partial charge in [-0.3, -0.25) is 19.7 Å². The summed E-state index contributed by atoms with van der Waals surface area (Å²) < 4.78 is 13.9. The largest absolute Gasteiger partial charge is 0.481 e. The van der Waals surface area contributed by atoms with Crippen LogP contribution in [0.1, 0.15) is 39.2 Å². The molecular formula is C19H24ClFN2O6. The topological polar surface area (TPSA) is 130 Å². The fourth-order valence-corrected chi connectivity index (χ4v) is 5.21. The number of carbonyl (C=O) groups is 2. The summed E-state index contributed by atoms with van der Waals surface area (Å²) in [4.78, 5) is 35.7. The van der Waals surface area contributed by atoms with E-state index < -0.39 is 64.0 Å². The third-order valence-electron chi connectivity index (χ3n) is 6.43. The number of rotatable bonds is 6. The van der Waals surface area contributed by atoms with E-state index in [9.17, 15) is 34.3 Å². The molecule has 29 heavy (non-hydrogen) atoms. The van der Waals surface area contributed by atoms with Crippen molar-refractivity contribution >= 4 is 29.2 Å². The number of benzene rings is 1. The third-order valence-corrected chi connectivity index (χ3v) is 6.84. The van der Waals surface area contributed by atoms with Crippen molar-refractivity contribution in [1.82, 2.24) is 5.32 Å². The van der Waals surface area contributed by atoms with Crippen LogP contribution >= 0.6 is 11.6 Å². The van der Waals surface area contributed by atoms with Gasteiger partial charge in [0.1, 0.15) is 11.7 Å². The van der Waals surface area contributed by atoms with E-state index in [1.807, 2.05) is 0 Å². The highest BCUT2D eigenvalue weighted by atomic mass is 35.5. The number of nitrogens with zero attached hydrogens (tertiary/aromatic N) is 1. The van der Waals surface area contributed by atoms with Gasteiger partial charge in [0.25, 0.3) is 5.69 Å². The number of nitrogens with one attached hydrogen (secondary N) is 1. The maximum Gasteiger partial charge on any atom is 0.312 e. The van der Waals surface area contributed by atoms with Crippen molar-refractivity contribution in [2.24, 2.45) is 16.7 Å². The quantitative estimate of drug-likeness (QED) is 0.465. The van der Waals surface area contributed by atoms with Crippen LogP contribution in [0.25, 0.3) is 0 Å². The summed E-state index contributed by atoms with van der Waals surface area (Å²) in [6.07, 6.45) is 0. The normalized spacial score (nSPS) is 32.2. The minimum Gasteiger partial charge on any atom is -0.481 e. The first-order valence-electron chi connectivity index (χ1n) is 9.09. The van der Waals surface area contributed by atoms with E-state index in [1.165, 1.54) is 19.1 Å². The number of alkyl halides is 1. The maximum absolute atomic E-state index is 13.9. The predicted molar refractivity (Wildman–Crippen MR) is 104 cm³/mol. The Balaban J connectivity index is 3.01. The number of nitro groups is 1. The molecule has 1 fully saturated rings. The van der Waals surface area contributed by atoms with Crippen LogP contribution in [0.4, 0.5) is 10.1 Å². The molecule has 0 aromatic heterocycles. The summed E-state index contributed by atoms with van der Waals surface area (Å²) in [5.41, 5.74) is -4.13. The van der Waals surface area contributed by atoms with Gasteiger partial charge in [0.15, 0.2) is 0 Å². The van der Waals surface area contributed by atoms with Crippen LogP contribution in [0.3, 0.4) is 0 Å². The van der Waals surface area contributed by atoms with Gasteiger partial charge in [-0.15, -0.1) is 0 Å². The standard InChI is InChI=1S/C19H24ClFN2O6/c1-9(2)19(17(26)27)10(3)22-13(8-21)18(4,16(24)25)15(19)11-6-5-7-12(14(11)20)23(28)29/h5-7,9-10,13,15,22H,8H2,1-4H3,(H,24,25)(H,26,27). The van der Waals surface area contributed by atoms with Gasteiger partial charge in [-0.2, -0.15) is 0 Å². The molecule has 0 saturated carbocycles. The fraction of sp³-hybridized carbons (Fsp3) is 0.579. The van der Waals surface area contributed by atoms with Gasteiger partial charge in [0.05, 0.1) is 21.8 Å². The molecule has 10 heteroatoms. The van der Waals surface area contributed by atoms with E-state index in [1.54, 1.807) is 20.8 Å². The molecule has 1 aliphatic rings. The number of carboxylic acids is 2. The number of piperidine rings is 1. The molecule has 0 spiro atoms. The molecule has 1 aromatic carbocycles. The lowest BCUT2D eigenvalue weighted by Crippen LogP contribution is -2.71. The van der Waals surface area contributed by atoms with Crippen molar-refractivity contribution in [1.29, 1.82) is 0 Å². The molecule has 1 saturated heterocycles. The SMILES string of the molecule is CC(C)C1(C(=O)O)C(C)NC(CF)C(C)(C(=O)O)C1c1cccc([N+](=O)[O-])c1Cl. The molecule has 8 nitrogen and oxygen atoms in total. The number of carboxylic acid groups (broad SMARTS) is 2. The first-order valence-corrected chi connectivity index (χ1v) is 9.47. The van der Waals surface area contributed by atoms with Crippen molar-refractivity contribution in [2.45, 2.75) is 45.7 Å². The van der Waals surface area contributed by atoms with Crippen molar-refractivity contribution in [2.75, 3.05) is 6.67 Å². The molecule has 1 aliphatic heterocycles. The Hall–Kier alpha value is -2.26. The van der Waals surface area contributed by atoms with E-state index in [2.05, 4.69) is 5.32 Å². The van der Waals surface area contributed by atoms with Crippen molar-refractivity contribution in [3.63, 3.8) is 0 Å². The van der Waals surface area contributed by atoms with Crippen LogP contribution in [0.2, 0.25) is 5.02 Å². The number of nitro benzene ring substituents is 1.